The summed E-state index contributed by atoms with van der Waals surface area (Å²) in [5.41, 5.74) is 4.57. The van der Waals surface area contributed by atoms with Gasteiger partial charge < -0.3 is 23.8 Å². The Labute approximate surface area is 243 Å². The van der Waals surface area contributed by atoms with E-state index < -0.39 is 5.97 Å². The molecule has 3 aromatic rings. The van der Waals surface area contributed by atoms with Gasteiger partial charge in [0.25, 0.3) is 0 Å². The average molecular weight is 562 g/mol. The van der Waals surface area contributed by atoms with E-state index in [-0.39, 0.29) is 12.4 Å². The van der Waals surface area contributed by atoms with E-state index in [1.165, 1.54) is 19.2 Å². The molecule has 0 fully saturated rings. The Morgan fingerprint density at radius 2 is 1.63 bits per heavy atom. The molecule has 7 heteroatoms. The number of hydrogen-bond acceptors (Lipinski definition) is 6. The number of aryl methyl sites for hydroxylation is 1. The van der Waals surface area contributed by atoms with Crippen LogP contribution in [0, 0.1) is 24.6 Å². The van der Waals surface area contributed by atoms with Gasteiger partial charge in [0.2, 0.25) is 0 Å². The van der Waals surface area contributed by atoms with Crippen LogP contribution in [0.5, 0.6) is 11.5 Å². The van der Waals surface area contributed by atoms with Crippen molar-refractivity contribution in [2.75, 3.05) is 54.2 Å². The van der Waals surface area contributed by atoms with E-state index in [2.05, 4.69) is 21.5 Å². The van der Waals surface area contributed by atoms with Gasteiger partial charge in [0.15, 0.2) is 6.61 Å². The molecule has 0 saturated heterocycles. The number of carbonyl (C=O) groups is 1. The maximum Gasteiger partial charge on any atom is 0.343 e. The molecule has 0 spiro atoms. The lowest BCUT2D eigenvalue weighted by Crippen LogP contribution is -2.17. The fraction of sp³-hybridized carbons (Fsp3) is 0.324. The molecular formula is C34H40FNO5. The van der Waals surface area contributed by atoms with Crippen molar-refractivity contribution in [3.8, 4) is 23.3 Å². The first kappa shape index (κ1) is 33.1. The lowest BCUT2D eigenvalue weighted by molar-refractivity contribution is -0.142. The minimum Gasteiger partial charge on any atom is -0.489 e. The number of hydrogen-bond donors (Lipinski definition) is 0. The normalized spacial score (nSPS) is 10.7. The van der Waals surface area contributed by atoms with Crippen LogP contribution in [-0.4, -0.2) is 65.0 Å². The molecule has 0 atom stereocenters. The summed E-state index contributed by atoms with van der Waals surface area (Å²) in [5, 5.41) is 0. The Balaban J connectivity index is 0.000000642. The highest BCUT2D eigenvalue weighted by Crippen LogP contribution is 2.26. The zero-order valence-corrected chi connectivity index (χ0v) is 24.8. The molecule has 0 aromatic heterocycles. The highest BCUT2D eigenvalue weighted by atomic mass is 19.1. The van der Waals surface area contributed by atoms with E-state index >= 15 is 0 Å². The van der Waals surface area contributed by atoms with Crippen molar-refractivity contribution in [1.82, 2.24) is 4.90 Å². The van der Waals surface area contributed by atoms with Crippen LogP contribution in [0.15, 0.2) is 72.8 Å². The molecule has 0 bridgehead atoms. The zero-order chi connectivity index (χ0) is 30.0. The first-order chi connectivity index (χ1) is 19.8. The van der Waals surface area contributed by atoms with E-state index in [1.807, 2.05) is 64.4 Å². The Morgan fingerprint density at radius 1 is 0.976 bits per heavy atom. The van der Waals surface area contributed by atoms with Gasteiger partial charge in [-0.15, -0.1) is 5.92 Å². The van der Waals surface area contributed by atoms with Crippen LogP contribution in [0.2, 0.25) is 0 Å². The molecular weight excluding hydrogens is 521 g/mol. The molecule has 0 amide bonds. The lowest BCUT2D eigenvalue weighted by Gasteiger charge is -2.12. The summed E-state index contributed by atoms with van der Waals surface area (Å²) in [6.45, 7) is 8.55. The highest BCUT2D eigenvalue weighted by Gasteiger charge is 2.08. The van der Waals surface area contributed by atoms with Crippen molar-refractivity contribution in [2.45, 2.75) is 20.8 Å². The molecule has 0 N–H and O–H groups in total. The number of carbonyl (C=O) groups excluding carboxylic acids is 1. The molecule has 0 aliphatic carbocycles. The van der Waals surface area contributed by atoms with Crippen molar-refractivity contribution in [3.63, 3.8) is 0 Å². The molecule has 0 saturated carbocycles. The Hall–Kier alpha value is -4.12. The van der Waals surface area contributed by atoms with Crippen molar-refractivity contribution in [2.24, 2.45) is 0 Å². The van der Waals surface area contributed by atoms with E-state index in [9.17, 15) is 9.18 Å². The molecule has 41 heavy (non-hydrogen) atoms. The summed E-state index contributed by atoms with van der Waals surface area (Å²) < 4.78 is 34.5. The first-order valence-corrected chi connectivity index (χ1v) is 13.4. The van der Waals surface area contributed by atoms with E-state index in [4.69, 9.17) is 14.2 Å². The standard InChI is InChI=1S/C28H25FO4.C6H15NO/c1-4-5-21-6-8-22(9-7-21)26(23-10-12-24(29)13-11-23)16-17-32-25-14-15-27(20(2)18-25)33-19-28(30)31-3;1-4-8-6-5-7(2)3/h6-16,18H,17,19H2,1-3H3;4-6H2,1-3H3/b26-16+;. The van der Waals surface area contributed by atoms with E-state index in [0.717, 1.165) is 47.6 Å². The second-order valence-electron chi connectivity index (χ2n) is 9.18. The molecule has 0 aliphatic heterocycles. The van der Waals surface area contributed by atoms with E-state index in [1.54, 1.807) is 31.2 Å². The van der Waals surface area contributed by atoms with E-state index in [0.29, 0.717) is 18.1 Å². The number of likely N-dealkylation sites (N-methyl/N-ethyl adjacent to an activating group) is 1. The second-order valence-corrected chi connectivity index (χ2v) is 9.18. The predicted octanol–water partition coefficient (Wildman–Crippen LogP) is 6.15. The molecule has 3 aromatic carbocycles. The lowest BCUT2D eigenvalue weighted by atomic mass is 9.97. The summed E-state index contributed by atoms with van der Waals surface area (Å²) in [5.74, 6) is 6.45. The van der Waals surface area contributed by atoms with Gasteiger partial charge in [0.1, 0.15) is 23.9 Å². The average Bonchev–Trinajstić information content (AvgIpc) is 2.96. The second kappa shape index (κ2) is 18.3. The van der Waals surface area contributed by atoms with Crippen LogP contribution in [0.25, 0.3) is 5.57 Å². The number of nitrogens with zero attached hydrogens (tertiary/aromatic N) is 1. The van der Waals surface area contributed by atoms with Gasteiger partial charge in [-0.2, -0.15) is 0 Å². The van der Waals surface area contributed by atoms with Gasteiger partial charge in [-0.25, -0.2) is 9.18 Å². The van der Waals surface area contributed by atoms with Crippen LogP contribution >= 0.6 is 0 Å². The van der Waals surface area contributed by atoms with Crippen LogP contribution in [0.4, 0.5) is 4.39 Å². The van der Waals surface area contributed by atoms with Crippen LogP contribution in [0.1, 0.15) is 36.1 Å². The minimum absolute atomic E-state index is 0.149. The number of rotatable bonds is 12. The van der Waals surface area contributed by atoms with Gasteiger partial charge in [-0.1, -0.05) is 30.2 Å². The summed E-state index contributed by atoms with van der Waals surface area (Å²) in [4.78, 5) is 13.4. The molecule has 0 heterocycles. The fourth-order valence-corrected chi connectivity index (χ4v) is 3.59. The monoisotopic (exact) mass is 561 g/mol. The van der Waals surface area contributed by atoms with Crippen molar-refractivity contribution in [1.29, 1.82) is 0 Å². The molecule has 218 valence electrons. The van der Waals surface area contributed by atoms with Crippen LogP contribution in [0.3, 0.4) is 0 Å². The third kappa shape index (κ3) is 12.3. The Bertz CT molecular complexity index is 1310. The third-order valence-corrected chi connectivity index (χ3v) is 5.76. The highest BCUT2D eigenvalue weighted by molar-refractivity contribution is 5.80. The van der Waals surface area contributed by atoms with Crippen LogP contribution < -0.4 is 9.47 Å². The number of halogens is 1. The first-order valence-electron chi connectivity index (χ1n) is 13.4. The molecule has 0 unspecified atom stereocenters. The molecule has 3 rings (SSSR count). The fourth-order valence-electron chi connectivity index (χ4n) is 3.59. The summed E-state index contributed by atoms with van der Waals surface area (Å²) in [7, 11) is 5.40. The van der Waals surface area contributed by atoms with Gasteiger partial charge in [-0.05, 0) is 106 Å². The van der Waals surface area contributed by atoms with Crippen molar-refractivity contribution < 1.29 is 28.1 Å². The Morgan fingerprint density at radius 3 is 2.20 bits per heavy atom. The number of benzene rings is 3. The topological polar surface area (TPSA) is 57.2 Å². The van der Waals surface area contributed by atoms with Gasteiger partial charge in [-0.3, -0.25) is 0 Å². The molecule has 0 aliphatic rings. The van der Waals surface area contributed by atoms with Crippen molar-refractivity contribution >= 4 is 11.5 Å². The molecule has 0 radical (unpaired) electrons. The number of ether oxygens (including phenoxy) is 4. The largest absolute Gasteiger partial charge is 0.489 e. The minimum atomic E-state index is -0.442. The smallest absolute Gasteiger partial charge is 0.343 e. The van der Waals surface area contributed by atoms with Crippen molar-refractivity contribution in [3.05, 3.63) is 101 Å². The quantitative estimate of drug-likeness (QED) is 0.150. The SMILES string of the molecule is CC#Cc1ccc(/C(=C\COc2ccc(OCC(=O)OC)c(C)c2)c2ccc(F)cc2)cc1.CCOCCN(C)C. The maximum atomic E-state index is 13.5. The van der Waals surface area contributed by atoms with Gasteiger partial charge in [0, 0.05) is 18.7 Å². The van der Waals surface area contributed by atoms with Crippen LogP contribution in [-0.2, 0) is 14.3 Å². The van der Waals surface area contributed by atoms with Gasteiger partial charge in [0.05, 0.1) is 13.7 Å². The summed E-state index contributed by atoms with van der Waals surface area (Å²) in [6.07, 6.45) is 1.96. The summed E-state index contributed by atoms with van der Waals surface area (Å²) >= 11 is 0. The predicted molar refractivity (Wildman–Crippen MR) is 162 cm³/mol. The zero-order valence-electron chi connectivity index (χ0n) is 24.8. The summed E-state index contributed by atoms with van der Waals surface area (Å²) in [6, 6.07) is 19.7. The molecule has 6 nitrogen and oxygen atoms in total. The number of esters is 1. The third-order valence-electron chi connectivity index (χ3n) is 5.76. The van der Waals surface area contributed by atoms with Gasteiger partial charge >= 0.3 is 5.97 Å². The maximum absolute atomic E-state index is 13.5. The Kier molecular flexibility index (Phi) is 14.7. The number of methoxy groups -OCH3 is 1.